The van der Waals surface area contributed by atoms with Crippen LogP contribution in [-0.2, 0) is 32.0 Å². The normalized spacial score (nSPS) is 37.2. The van der Waals surface area contributed by atoms with Crippen molar-refractivity contribution in [3.63, 3.8) is 0 Å². The SMILES string of the molecule is Nc1nc2c(ncn2[C@@H]2O[C@H](COP(=O)(O)OP(=O)(O)OC3O[C@@H](O)[C@@H](O)[C@@H](O)[C@@H]3O)[C@@H](O)[C@H]2O)c(=O)[nH]1. The van der Waals surface area contributed by atoms with E-state index in [9.17, 15) is 54.4 Å². The number of nitrogens with zero attached hydrogens (tertiary/aromatic N) is 3. The largest absolute Gasteiger partial charge is 0.483 e. The molecule has 0 bridgehead atoms. The molecule has 11 N–H and O–H groups in total. The highest BCUT2D eigenvalue weighted by molar-refractivity contribution is 7.61. The summed E-state index contributed by atoms with van der Waals surface area (Å²) < 4.78 is 48.3. The third-order valence-corrected chi connectivity index (χ3v) is 8.05. The zero-order valence-corrected chi connectivity index (χ0v) is 20.4. The Morgan fingerprint density at radius 1 is 1.00 bits per heavy atom. The summed E-state index contributed by atoms with van der Waals surface area (Å²) >= 11 is 0. The molecule has 0 amide bonds. The summed E-state index contributed by atoms with van der Waals surface area (Å²) in [5.74, 6) is -0.280. The summed E-state index contributed by atoms with van der Waals surface area (Å²) in [7, 11) is -11.1. The van der Waals surface area contributed by atoms with Gasteiger partial charge in [0.05, 0.1) is 12.9 Å². The number of rotatable bonds is 8. The number of nitrogens with one attached hydrogen (secondary N) is 1. The van der Waals surface area contributed by atoms with Crippen molar-refractivity contribution in [2.75, 3.05) is 12.3 Å². The third kappa shape index (κ3) is 5.82. The Labute approximate surface area is 209 Å². The first-order valence-corrected chi connectivity index (χ1v) is 13.4. The van der Waals surface area contributed by atoms with Gasteiger partial charge in [-0.15, -0.1) is 0 Å². The van der Waals surface area contributed by atoms with Crippen molar-refractivity contribution < 1.29 is 72.4 Å². The van der Waals surface area contributed by atoms with Gasteiger partial charge in [0, 0.05) is 0 Å². The maximum Gasteiger partial charge on any atom is 0.483 e. The molecule has 2 saturated heterocycles. The number of hydrogen-bond acceptors (Lipinski definition) is 17. The predicted molar refractivity (Wildman–Crippen MR) is 115 cm³/mol. The van der Waals surface area contributed by atoms with Crippen LogP contribution in [0.5, 0.6) is 0 Å². The molecular formula is C15H23N5O16P2. The van der Waals surface area contributed by atoms with Gasteiger partial charge in [-0.1, -0.05) is 0 Å². The zero-order chi connectivity index (χ0) is 28.2. The van der Waals surface area contributed by atoms with Crippen LogP contribution in [0.1, 0.15) is 6.23 Å². The molecular weight excluding hydrogens is 568 g/mol. The van der Waals surface area contributed by atoms with Gasteiger partial charge < -0.3 is 55.6 Å². The van der Waals surface area contributed by atoms with Gasteiger partial charge in [-0.3, -0.25) is 23.4 Å². The van der Waals surface area contributed by atoms with E-state index in [0.717, 1.165) is 10.9 Å². The molecule has 38 heavy (non-hydrogen) atoms. The molecule has 3 unspecified atom stereocenters. The number of aromatic amines is 1. The Kier molecular flexibility index (Phi) is 8.10. The fraction of sp³-hybridized carbons (Fsp3) is 0.667. The lowest BCUT2D eigenvalue weighted by molar-refractivity contribution is -0.323. The molecule has 0 radical (unpaired) electrons. The van der Waals surface area contributed by atoms with Crippen molar-refractivity contribution in [2.45, 2.75) is 55.4 Å². The molecule has 11 atom stereocenters. The van der Waals surface area contributed by atoms with Gasteiger partial charge in [0.25, 0.3) is 5.56 Å². The number of phosphoric ester groups is 2. The zero-order valence-electron chi connectivity index (χ0n) is 18.6. The topological polar surface area (TPSA) is 332 Å². The maximum absolute atomic E-state index is 12.2. The number of aromatic nitrogens is 4. The van der Waals surface area contributed by atoms with Crippen molar-refractivity contribution >= 4 is 32.8 Å². The number of ether oxygens (including phenoxy) is 2. The van der Waals surface area contributed by atoms with E-state index in [-0.39, 0.29) is 17.1 Å². The van der Waals surface area contributed by atoms with E-state index >= 15 is 0 Å². The number of nitrogen functional groups attached to an aromatic ring is 1. The van der Waals surface area contributed by atoms with Crippen LogP contribution < -0.4 is 11.3 Å². The molecule has 0 spiro atoms. The Morgan fingerprint density at radius 3 is 2.37 bits per heavy atom. The second kappa shape index (κ2) is 10.6. The molecule has 0 aromatic carbocycles. The van der Waals surface area contributed by atoms with Crippen molar-refractivity contribution in [1.29, 1.82) is 0 Å². The minimum Gasteiger partial charge on any atom is -0.387 e. The first kappa shape index (κ1) is 29.1. The molecule has 2 aromatic heterocycles. The third-order valence-electron chi connectivity index (χ3n) is 5.45. The highest BCUT2D eigenvalue weighted by Gasteiger charge is 2.49. The number of H-pyrrole nitrogens is 1. The minimum absolute atomic E-state index is 0.117. The van der Waals surface area contributed by atoms with Gasteiger partial charge in [0.2, 0.25) is 12.2 Å². The monoisotopic (exact) mass is 591 g/mol. The number of aliphatic hydroxyl groups is 6. The van der Waals surface area contributed by atoms with Crippen molar-refractivity contribution in [3.05, 3.63) is 16.7 Å². The molecule has 2 aromatic rings. The maximum atomic E-state index is 12.2. The molecule has 4 heterocycles. The van der Waals surface area contributed by atoms with E-state index < -0.39 is 83.2 Å². The van der Waals surface area contributed by atoms with Crippen LogP contribution in [0, 0.1) is 0 Å². The summed E-state index contributed by atoms with van der Waals surface area (Å²) in [5.41, 5.74) is 4.53. The standard InChI is InChI=1S/C15H23N5O16P2/c16-15-18-10-4(11(26)19-15)17-2-20(10)12-7(23)5(21)3(33-12)1-32-37(28,29)36-38(30,31)35-14-9(25)6(22)8(24)13(27)34-14/h2-3,5-9,12-14,21-25,27H,1H2,(H,28,29)(H,30,31)(H3,16,18,19,26)/t3-,5-,6-,7-,8+,9+,12-,13-,14?/m1/s1. The average molecular weight is 591 g/mol. The number of hydrogen-bond donors (Lipinski definition) is 10. The fourth-order valence-corrected chi connectivity index (χ4v) is 5.77. The fourth-order valence-electron chi connectivity index (χ4n) is 3.62. The van der Waals surface area contributed by atoms with E-state index in [4.69, 9.17) is 10.5 Å². The van der Waals surface area contributed by atoms with Crippen molar-refractivity contribution in [1.82, 2.24) is 19.5 Å². The molecule has 2 aliphatic heterocycles. The first-order valence-electron chi connectivity index (χ1n) is 10.4. The van der Waals surface area contributed by atoms with Crippen LogP contribution in [0.2, 0.25) is 0 Å². The summed E-state index contributed by atoms with van der Waals surface area (Å²) in [5, 5.41) is 58.9. The highest BCUT2D eigenvalue weighted by atomic mass is 31.3. The van der Waals surface area contributed by atoms with Crippen LogP contribution in [0.3, 0.4) is 0 Å². The van der Waals surface area contributed by atoms with Gasteiger partial charge in [-0.25, -0.2) is 14.1 Å². The minimum atomic E-state index is -5.61. The Hall–Kier alpha value is -1.91. The molecule has 2 aliphatic rings. The lowest BCUT2D eigenvalue weighted by atomic mass is 10.0. The van der Waals surface area contributed by atoms with Crippen LogP contribution in [0.15, 0.2) is 11.1 Å². The molecule has 23 heteroatoms. The second-order valence-corrected chi connectivity index (χ2v) is 11.1. The lowest BCUT2D eigenvalue weighted by Crippen LogP contribution is -2.57. The number of phosphoric acid groups is 2. The van der Waals surface area contributed by atoms with E-state index in [1.807, 2.05) is 0 Å². The smallest absolute Gasteiger partial charge is 0.387 e. The highest BCUT2D eigenvalue weighted by Crippen LogP contribution is 2.61. The molecule has 0 aliphatic carbocycles. The summed E-state index contributed by atoms with van der Waals surface area (Å²) in [6.45, 7) is -1.00. The van der Waals surface area contributed by atoms with E-state index in [2.05, 4.69) is 33.0 Å². The first-order chi connectivity index (χ1) is 17.6. The van der Waals surface area contributed by atoms with Gasteiger partial charge in [-0.2, -0.15) is 9.29 Å². The average Bonchev–Trinajstić information content (AvgIpc) is 3.35. The lowest BCUT2D eigenvalue weighted by Gasteiger charge is -2.37. The Morgan fingerprint density at radius 2 is 1.68 bits per heavy atom. The van der Waals surface area contributed by atoms with E-state index in [0.29, 0.717) is 0 Å². The number of aliphatic hydroxyl groups excluding tert-OH is 6. The van der Waals surface area contributed by atoms with Gasteiger partial charge in [-0.05, 0) is 0 Å². The van der Waals surface area contributed by atoms with Crippen LogP contribution in [-0.4, -0.2) is 116 Å². The number of imidazole rings is 1. The van der Waals surface area contributed by atoms with Crippen molar-refractivity contribution in [3.8, 4) is 0 Å². The predicted octanol–water partition coefficient (Wildman–Crippen LogP) is -4.67. The Bertz CT molecular complexity index is 1320. The van der Waals surface area contributed by atoms with E-state index in [1.54, 1.807) is 0 Å². The van der Waals surface area contributed by atoms with Crippen LogP contribution in [0.4, 0.5) is 5.95 Å². The molecule has 21 nitrogen and oxygen atoms in total. The van der Waals surface area contributed by atoms with Crippen LogP contribution >= 0.6 is 15.6 Å². The van der Waals surface area contributed by atoms with Gasteiger partial charge in [0.15, 0.2) is 23.7 Å². The van der Waals surface area contributed by atoms with Gasteiger partial charge >= 0.3 is 15.6 Å². The van der Waals surface area contributed by atoms with Crippen molar-refractivity contribution in [2.24, 2.45) is 0 Å². The van der Waals surface area contributed by atoms with Crippen LogP contribution in [0.25, 0.3) is 11.2 Å². The number of nitrogens with two attached hydrogens (primary N) is 1. The van der Waals surface area contributed by atoms with Gasteiger partial charge in [0.1, 0.15) is 36.6 Å². The Balaban J connectivity index is 1.39. The molecule has 214 valence electrons. The molecule has 2 fully saturated rings. The summed E-state index contributed by atoms with van der Waals surface area (Å²) in [6, 6.07) is 0. The molecule has 0 saturated carbocycles. The quantitative estimate of drug-likeness (QED) is 0.129. The second-order valence-electron chi connectivity index (χ2n) is 8.11. The number of fused-ring (bicyclic) bond motifs is 1. The van der Waals surface area contributed by atoms with E-state index in [1.165, 1.54) is 0 Å². The summed E-state index contributed by atoms with van der Waals surface area (Å²) in [6.07, 6.45) is -16.1. The summed E-state index contributed by atoms with van der Waals surface area (Å²) in [4.78, 5) is 41.5. The number of anilines is 1. The molecule has 4 rings (SSSR count).